The second-order valence-corrected chi connectivity index (χ2v) is 6.94. The minimum atomic E-state index is -3.43. The van der Waals surface area contributed by atoms with Crippen LogP contribution in [0.2, 0.25) is 0 Å². The summed E-state index contributed by atoms with van der Waals surface area (Å²) in [6, 6.07) is 0.0311. The van der Waals surface area contributed by atoms with Gasteiger partial charge in [0.25, 0.3) is 10.0 Å². The Balaban J connectivity index is 2.33. The molecule has 0 amide bonds. The van der Waals surface area contributed by atoms with E-state index in [4.69, 9.17) is 0 Å². The number of nitrogens with zero attached hydrogens (tertiary/aromatic N) is 2. The van der Waals surface area contributed by atoms with Crippen LogP contribution in [0.5, 0.6) is 0 Å². The van der Waals surface area contributed by atoms with Gasteiger partial charge in [-0.15, -0.1) is 0 Å². The summed E-state index contributed by atoms with van der Waals surface area (Å²) in [6.07, 6.45) is 2.29. The van der Waals surface area contributed by atoms with Crippen molar-refractivity contribution in [3.8, 4) is 0 Å². The highest BCUT2D eigenvalue weighted by atomic mass is 79.9. The Hall–Kier alpha value is -0.400. The fourth-order valence-electron chi connectivity index (χ4n) is 2.16. The molecule has 2 atom stereocenters. The minimum Gasteiger partial charge on any atom is -0.332 e. The van der Waals surface area contributed by atoms with Crippen molar-refractivity contribution in [2.45, 2.75) is 31.3 Å². The average Bonchev–Trinajstić information content (AvgIpc) is 2.84. The number of aromatic nitrogens is 2. The molecule has 2 heterocycles. The van der Waals surface area contributed by atoms with Crippen molar-refractivity contribution in [3.63, 3.8) is 0 Å². The SMILES string of the molecule is Cc1ncc(S(=O)(=O)N2CCC(C)C2CBr)[nH]1. The predicted molar refractivity (Wildman–Crippen MR) is 68.6 cm³/mol. The fraction of sp³-hybridized carbons (Fsp3) is 0.700. The molecule has 0 aromatic carbocycles. The maximum Gasteiger partial charge on any atom is 0.260 e. The first-order valence-corrected chi connectivity index (χ1v) is 8.12. The topological polar surface area (TPSA) is 66.1 Å². The predicted octanol–water partition coefficient (Wildman–Crippen LogP) is 1.51. The molecular formula is C10H16BrN3O2S. The normalized spacial score (nSPS) is 26.5. The van der Waals surface area contributed by atoms with Crippen LogP contribution in [0.1, 0.15) is 19.2 Å². The van der Waals surface area contributed by atoms with Gasteiger partial charge in [0.2, 0.25) is 0 Å². The molecule has 1 saturated heterocycles. The van der Waals surface area contributed by atoms with Crippen molar-refractivity contribution >= 4 is 26.0 Å². The third kappa shape index (κ3) is 2.28. The highest BCUT2D eigenvalue weighted by Crippen LogP contribution is 2.30. The van der Waals surface area contributed by atoms with E-state index < -0.39 is 10.0 Å². The minimum absolute atomic E-state index is 0.0311. The van der Waals surface area contributed by atoms with E-state index in [1.807, 2.05) is 0 Å². The highest BCUT2D eigenvalue weighted by Gasteiger charge is 2.39. The van der Waals surface area contributed by atoms with Crippen LogP contribution in [0.4, 0.5) is 0 Å². The van der Waals surface area contributed by atoms with E-state index in [-0.39, 0.29) is 11.1 Å². The Labute approximate surface area is 110 Å². The molecule has 1 fully saturated rings. The number of rotatable bonds is 3. The zero-order chi connectivity index (χ0) is 12.6. The van der Waals surface area contributed by atoms with Gasteiger partial charge in [-0.2, -0.15) is 4.31 Å². The molecular weight excluding hydrogens is 306 g/mol. The summed E-state index contributed by atoms with van der Waals surface area (Å²) in [4.78, 5) is 6.75. The number of imidazole rings is 1. The maximum absolute atomic E-state index is 12.4. The van der Waals surface area contributed by atoms with Gasteiger partial charge in [0.15, 0.2) is 5.03 Å². The van der Waals surface area contributed by atoms with E-state index >= 15 is 0 Å². The van der Waals surface area contributed by atoms with Crippen LogP contribution < -0.4 is 0 Å². The summed E-state index contributed by atoms with van der Waals surface area (Å²) < 4.78 is 26.4. The van der Waals surface area contributed by atoms with Crippen molar-refractivity contribution in [2.24, 2.45) is 5.92 Å². The Morgan fingerprint density at radius 3 is 2.88 bits per heavy atom. The number of hydrogen-bond donors (Lipinski definition) is 1. The highest BCUT2D eigenvalue weighted by molar-refractivity contribution is 9.09. The van der Waals surface area contributed by atoms with E-state index in [0.717, 1.165) is 6.42 Å². The zero-order valence-corrected chi connectivity index (χ0v) is 12.3. The molecule has 5 nitrogen and oxygen atoms in total. The van der Waals surface area contributed by atoms with E-state index in [9.17, 15) is 8.42 Å². The van der Waals surface area contributed by atoms with Crippen molar-refractivity contribution in [2.75, 3.05) is 11.9 Å². The number of halogens is 1. The third-order valence-corrected chi connectivity index (χ3v) is 5.75. The molecule has 1 aromatic heterocycles. The second kappa shape index (κ2) is 4.70. The number of nitrogens with one attached hydrogen (secondary N) is 1. The zero-order valence-electron chi connectivity index (χ0n) is 9.85. The fourth-order valence-corrected chi connectivity index (χ4v) is 5.04. The first-order valence-electron chi connectivity index (χ1n) is 5.56. The number of H-pyrrole nitrogens is 1. The van der Waals surface area contributed by atoms with Gasteiger partial charge in [0.1, 0.15) is 5.82 Å². The quantitative estimate of drug-likeness (QED) is 0.858. The van der Waals surface area contributed by atoms with Gasteiger partial charge >= 0.3 is 0 Å². The van der Waals surface area contributed by atoms with E-state index in [1.54, 1.807) is 11.2 Å². The summed E-state index contributed by atoms with van der Waals surface area (Å²) in [6.45, 7) is 4.41. The largest absolute Gasteiger partial charge is 0.332 e. The van der Waals surface area contributed by atoms with Crippen LogP contribution >= 0.6 is 15.9 Å². The monoisotopic (exact) mass is 321 g/mol. The lowest BCUT2D eigenvalue weighted by molar-refractivity contribution is 0.377. The van der Waals surface area contributed by atoms with Gasteiger partial charge in [-0.05, 0) is 19.3 Å². The van der Waals surface area contributed by atoms with Crippen LogP contribution in [0.3, 0.4) is 0 Å². The number of alkyl halides is 1. The molecule has 17 heavy (non-hydrogen) atoms. The number of aromatic amines is 1. The maximum atomic E-state index is 12.4. The van der Waals surface area contributed by atoms with Crippen molar-refractivity contribution in [1.82, 2.24) is 14.3 Å². The summed E-state index contributed by atoms with van der Waals surface area (Å²) in [5, 5.41) is 0.857. The standard InChI is InChI=1S/C10H16BrN3O2S/c1-7-3-4-14(9(7)5-11)17(15,16)10-6-12-8(2)13-10/h6-7,9H,3-5H2,1-2H3,(H,12,13). The summed E-state index contributed by atoms with van der Waals surface area (Å²) in [7, 11) is -3.43. The van der Waals surface area contributed by atoms with Crippen LogP contribution in [-0.2, 0) is 10.0 Å². The molecule has 0 bridgehead atoms. The molecule has 2 rings (SSSR count). The second-order valence-electron chi connectivity index (χ2n) is 4.44. The van der Waals surface area contributed by atoms with E-state index in [2.05, 4.69) is 32.8 Å². The first-order chi connectivity index (χ1) is 7.96. The van der Waals surface area contributed by atoms with Crippen LogP contribution in [0, 0.1) is 12.8 Å². The van der Waals surface area contributed by atoms with Gasteiger partial charge in [-0.25, -0.2) is 13.4 Å². The first kappa shape index (κ1) is 13.0. The Bertz CT molecular complexity index is 499. The number of aryl methyl sites for hydroxylation is 1. The molecule has 0 aliphatic carbocycles. The third-order valence-electron chi connectivity index (χ3n) is 3.26. The molecule has 1 aliphatic rings. The van der Waals surface area contributed by atoms with Gasteiger partial charge in [0, 0.05) is 17.9 Å². The molecule has 0 spiro atoms. The molecule has 96 valence electrons. The Morgan fingerprint density at radius 1 is 1.65 bits per heavy atom. The molecule has 7 heteroatoms. The van der Waals surface area contributed by atoms with Gasteiger partial charge in [0.05, 0.1) is 6.20 Å². The molecule has 0 radical (unpaired) electrons. The number of sulfonamides is 1. The van der Waals surface area contributed by atoms with Crippen molar-refractivity contribution in [3.05, 3.63) is 12.0 Å². The van der Waals surface area contributed by atoms with Crippen LogP contribution in [0.25, 0.3) is 0 Å². The molecule has 2 unspecified atom stereocenters. The van der Waals surface area contributed by atoms with Crippen molar-refractivity contribution in [1.29, 1.82) is 0 Å². The average molecular weight is 322 g/mol. The molecule has 1 N–H and O–H groups in total. The van der Waals surface area contributed by atoms with E-state index in [1.165, 1.54) is 6.20 Å². The molecule has 1 aromatic rings. The van der Waals surface area contributed by atoms with Crippen molar-refractivity contribution < 1.29 is 8.42 Å². The number of hydrogen-bond acceptors (Lipinski definition) is 3. The van der Waals surface area contributed by atoms with Gasteiger partial charge in [-0.1, -0.05) is 22.9 Å². The smallest absolute Gasteiger partial charge is 0.260 e. The lowest BCUT2D eigenvalue weighted by Gasteiger charge is -2.23. The van der Waals surface area contributed by atoms with Gasteiger partial charge < -0.3 is 4.98 Å². The lowest BCUT2D eigenvalue weighted by atomic mass is 10.1. The van der Waals surface area contributed by atoms with Crippen LogP contribution in [0.15, 0.2) is 11.2 Å². The lowest BCUT2D eigenvalue weighted by Crippen LogP contribution is -2.38. The van der Waals surface area contributed by atoms with E-state index in [0.29, 0.717) is 23.6 Å². The van der Waals surface area contributed by atoms with Gasteiger partial charge in [-0.3, -0.25) is 0 Å². The summed E-state index contributed by atoms with van der Waals surface area (Å²) in [5.74, 6) is 0.999. The Kier molecular flexibility index (Phi) is 3.61. The Morgan fingerprint density at radius 2 is 2.35 bits per heavy atom. The van der Waals surface area contributed by atoms with Crippen LogP contribution in [-0.4, -0.2) is 40.6 Å². The summed E-state index contributed by atoms with van der Waals surface area (Å²) >= 11 is 3.40. The molecule has 0 saturated carbocycles. The summed E-state index contributed by atoms with van der Waals surface area (Å²) in [5.41, 5.74) is 0. The molecule has 1 aliphatic heterocycles.